The van der Waals surface area contributed by atoms with Crippen molar-refractivity contribution < 1.29 is 4.79 Å². The van der Waals surface area contributed by atoms with Gasteiger partial charge < -0.3 is 15.5 Å². The van der Waals surface area contributed by atoms with Gasteiger partial charge in [-0.15, -0.1) is 0 Å². The minimum atomic E-state index is -0.0288. The van der Waals surface area contributed by atoms with Crippen LogP contribution in [-0.4, -0.2) is 55.5 Å². The molecule has 1 aromatic carbocycles. The second-order valence-corrected chi connectivity index (χ2v) is 6.11. The van der Waals surface area contributed by atoms with E-state index >= 15 is 0 Å². The van der Waals surface area contributed by atoms with Gasteiger partial charge in [0.05, 0.1) is 0 Å². The van der Waals surface area contributed by atoms with Crippen LogP contribution in [0.25, 0.3) is 0 Å². The Morgan fingerprint density at radius 2 is 1.69 bits per heavy atom. The van der Waals surface area contributed by atoms with E-state index in [9.17, 15) is 4.79 Å². The first-order valence-electron chi connectivity index (χ1n) is 8.81. The highest BCUT2D eigenvalue weighted by atomic mass is 16.2. The van der Waals surface area contributed by atoms with Crippen LogP contribution in [0.5, 0.6) is 0 Å². The molecule has 0 aliphatic heterocycles. The van der Waals surface area contributed by atoms with Gasteiger partial charge in [-0.1, -0.05) is 36.4 Å². The molecule has 0 radical (unpaired) electrons. The van der Waals surface area contributed by atoms with Crippen LogP contribution in [0.1, 0.15) is 11.3 Å². The molecule has 2 N–H and O–H groups in total. The Morgan fingerprint density at radius 1 is 1.00 bits per heavy atom. The van der Waals surface area contributed by atoms with Crippen molar-refractivity contribution in [1.29, 1.82) is 0 Å². The molecule has 0 aliphatic carbocycles. The van der Waals surface area contributed by atoms with Gasteiger partial charge in [-0.2, -0.15) is 0 Å². The predicted octanol–water partition coefficient (Wildman–Crippen LogP) is 1.49. The molecule has 6 nitrogen and oxygen atoms in total. The Bertz CT molecular complexity index is 638. The van der Waals surface area contributed by atoms with Crippen molar-refractivity contribution in [3.05, 3.63) is 66.0 Å². The molecular weight excluding hydrogens is 326 g/mol. The summed E-state index contributed by atoms with van der Waals surface area (Å²) in [6, 6.07) is 16.2. The van der Waals surface area contributed by atoms with Gasteiger partial charge in [-0.05, 0) is 24.1 Å². The summed E-state index contributed by atoms with van der Waals surface area (Å²) in [5.41, 5.74) is 2.28. The molecule has 138 valence electrons. The monoisotopic (exact) mass is 353 g/mol. The normalized spacial score (nSPS) is 11.1. The number of pyridine rings is 1. The lowest BCUT2D eigenvalue weighted by Gasteiger charge is -2.14. The lowest BCUT2D eigenvalue weighted by molar-refractivity contribution is -0.127. The number of hydrogen-bond donors (Lipinski definition) is 2. The standard InChI is InChI=1S/C20H27N5O/c1-25(2)19(26)16-24-20(22-14-11-17-8-4-3-5-9-17)23-15-12-18-10-6-7-13-21-18/h3-10,13H,11-12,14-16H2,1-2H3,(H2,22,23,24). The zero-order valence-corrected chi connectivity index (χ0v) is 15.5. The second-order valence-electron chi connectivity index (χ2n) is 6.11. The largest absolute Gasteiger partial charge is 0.356 e. The topological polar surface area (TPSA) is 69.6 Å². The van der Waals surface area contributed by atoms with Crippen molar-refractivity contribution in [1.82, 2.24) is 20.5 Å². The van der Waals surface area contributed by atoms with Gasteiger partial charge >= 0.3 is 0 Å². The second kappa shape index (κ2) is 10.9. The molecule has 0 saturated heterocycles. The average Bonchev–Trinajstić information content (AvgIpc) is 2.67. The van der Waals surface area contributed by atoms with E-state index in [1.165, 1.54) is 5.56 Å². The lowest BCUT2D eigenvalue weighted by Crippen LogP contribution is -2.40. The molecule has 0 bridgehead atoms. The fraction of sp³-hybridized carbons (Fsp3) is 0.350. The molecule has 0 spiro atoms. The summed E-state index contributed by atoms with van der Waals surface area (Å²) in [4.78, 5) is 22.0. The molecule has 0 saturated carbocycles. The Morgan fingerprint density at radius 3 is 2.35 bits per heavy atom. The molecule has 2 rings (SSSR count). The predicted molar refractivity (Wildman–Crippen MR) is 105 cm³/mol. The highest BCUT2D eigenvalue weighted by molar-refractivity contribution is 5.84. The van der Waals surface area contributed by atoms with E-state index in [1.54, 1.807) is 25.2 Å². The van der Waals surface area contributed by atoms with Crippen molar-refractivity contribution in [3.8, 4) is 0 Å². The number of nitrogens with one attached hydrogen (secondary N) is 2. The highest BCUT2D eigenvalue weighted by Gasteiger charge is 2.05. The summed E-state index contributed by atoms with van der Waals surface area (Å²) < 4.78 is 0. The maximum atomic E-state index is 11.8. The van der Waals surface area contributed by atoms with Gasteiger partial charge in [0.1, 0.15) is 6.54 Å². The summed E-state index contributed by atoms with van der Waals surface area (Å²) in [5.74, 6) is 0.617. The molecule has 26 heavy (non-hydrogen) atoms. The van der Waals surface area contributed by atoms with E-state index in [0.29, 0.717) is 12.5 Å². The van der Waals surface area contributed by atoms with E-state index in [2.05, 4.69) is 32.7 Å². The van der Waals surface area contributed by atoms with E-state index in [1.807, 2.05) is 36.4 Å². The average molecular weight is 353 g/mol. The molecule has 6 heteroatoms. The zero-order chi connectivity index (χ0) is 18.6. The molecule has 2 aromatic rings. The fourth-order valence-corrected chi connectivity index (χ4v) is 2.29. The molecule has 0 atom stereocenters. The number of carbonyl (C=O) groups excluding carboxylic acids is 1. The van der Waals surface area contributed by atoms with Crippen molar-refractivity contribution in [2.75, 3.05) is 33.7 Å². The van der Waals surface area contributed by atoms with Gasteiger partial charge in [0, 0.05) is 45.5 Å². The van der Waals surface area contributed by atoms with E-state index in [4.69, 9.17) is 0 Å². The quantitative estimate of drug-likeness (QED) is 0.557. The molecule has 1 amide bonds. The number of aliphatic imine (C=N–C) groups is 1. The number of rotatable bonds is 8. The number of amides is 1. The molecule has 1 heterocycles. The SMILES string of the molecule is CN(C)C(=O)CN=C(NCCc1ccccc1)NCCc1ccccn1. The summed E-state index contributed by atoms with van der Waals surface area (Å²) in [7, 11) is 3.46. The summed E-state index contributed by atoms with van der Waals surface area (Å²) >= 11 is 0. The first-order chi connectivity index (χ1) is 12.6. The van der Waals surface area contributed by atoms with Crippen LogP contribution in [0.4, 0.5) is 0 Å². The number of nitrogens with zero attached hydrogens (tertiary/aromatic N) is 3. The third kappa shape index (κ3) is 7.34. The van der Waals surface area contributed by atoms with Gasteiger partial charge in [0.15, 0.2) is 5.96 Å². The van der Waals surface area contributed by atoms with E-state index in [-0.39, 0.29) is 12.5 Å². The molecule has 1 aromatic heterocycles. The first kappa shape index (κ1) is 19.4. The minimum absolute atomic E-state index is 0.0288. The number of carbonyl (C=O) groups is 1. The van der Waals surface area contributed by atoms with Gasteiger partial charge in [0.25, 0.3) is 0 Å². The number of benzene rings is 1. The van der Waals surface area contributed by atoms with Crippen LogP contribution in [0, 0.1) is 0 Å². The number of aromatic nitrogens is 1. The van der Waals surface area contributed by atoms with Crippen LogP contribution in [0.2, 0.25) is 0 Å². The maximum absolute atomic E-state index is 11.8. The van der Waals surface area contributed by atoms with Gasteiger partial charge in [0.2, 0.25) is 5.91 Å². The Labute approximate surface area is 155 Å². The minimum Gasteiger partial charge on any atom is -0.356 e. The van der Waals surface area contributed by atoms with Crippen LogP contribution in [-0.2, 0) is 17.6 Å². The van der Waals surface area contributed by atoms with Crippen LogP contribution >= 0.6 is 0 Å². The van der Waals surface area contributed by atoms with E-state index < -0.39 is 0 Å². The molecule has 0 aliphatic rings. The number of likely N-dealkylation sites (N-methyl/N-ethyl adjacent to an activating group) is 1. The lowest BCUT2D eigenvalue weighted by atomic mass is 10.1. The third-order valence-electron chi connectivity index (χ3n) is 3.82. The van der Waals surface area contributed by atoms with Crippen LogP contribution in [0.15, 0.2) is 59.7 Å². The van der Waals surface area contributed by atoms with Crippen molar-refractivity contribution >= 4 is 11.9 Å². The first-order valence-corrected chi connectivity index (χ1v) is 8.81. The van der Waals surface area contributed by atoms with Gasteiger partial charge in [-0.25, -0.2) is 4.99 Å². The molecule has 0 fully saturated rings. The molecule has 0 unspecified atom stereocenters. The van der Waals surface area contributed by atoms with Crippen molar-refractivity contribution in [3.63, 3.8) is 0 Å². The van der Waals surface area contributed by atoms with Crippen LogP contribution in [0.3, 0.4) is 0 Å². The van der Waals surface area contributed by atoms with Crippen molar-refractivity contribution in [2.45, 2.75) is 12.8 Å². The fourth-order valence-electron chi connectivity index (χ4n) is 2.29. The Hall–Kier alpha value is -2.89. The Balaban J connectivity index is 1.85. The van der Waals surface area contributed by atoms with E-state index in [0.717, 1.165) is 25.1 Å². The number of guanidine groups is 1. The summed E-state index contributed by atoms with van der Waals surface area (Å²) in [6.07, 6.45) is 3.48. The third-order valence-corrected chi connectivity index (χ3v) is 3.82. The van der Waals surface area contributed by atoms with Crippen molar-refractivity contribution in [2.24, 2.45) is 4.99 Å². The van der Waals surface area contributed by atoms with Crippen LogP contribution < -0.4 is 10.6 Å². The summed E-state index contributed by atoms with van der Waals surface area (Å²) in [5, 5.41) is 6.57. The Kier molecular flexibility index (Phi) is 8.12. The zero-order valence-electron chi connectivity index (χ0n) is 15.5. The highest BCUT2D eigenvalue weighted by Crippen LogP contribution is 1.98. The smallest absolute Gasteiger partial charge is 0.243 e. The van der Waals surface area contributed by atoms with Gasteiger partial charge in [-0.3, -0.25) is 9.78 Å². The molecular formula is C20H27N5O. The number of hydrogen-bond acceptors (Lipinski definition) is 3. The summed E-state index contributed by atoms with van der Waals surface area (Å²) in [6.45, 7) is 1.57. The maximum Gasteiger partial charge on any atom is 0.243 e.